The van der Waals surface area contributed by atoms with Gasteiger partial charge in [-0.05, 0) is 26.1 Å². The molecule has 1 fully saturated rings. The number of amides is 1. The van der Waals surface area contributed by atoms with Gasteiger partial charge in [-0.15, -0.1) is 0 Å². The van der Waals surface area contributed by atoms with E-state index in [1.165, 1.54) is 7.11 Å². The summed E-state index contributed by atoms with van der Waals surface area (Å²) in [7, 11) is 5.12. The maximum Gasteiger partial charge on any atom is 0.258 e. The number of hydrogen-bond donors (Lipinski definition) is 0. The van der Waals surface area contributed by atoms with Crippen molar-refractivity contribution in [2.24, 2.45) is 0 Å². The Hall–Kier alpha value is -2.54. The summed E-state index contributed by atoms with van der Waals surface area (Å²) in [6, 6.07) is 3.38. The number of piperazine rings is 1. The zero-order valence-corrected chi connectivity index (χ0v) is 15.7. The molecule has 1 aliphatic rings. The molecule has 0 atom stereocenters. The van der Waals surface area contributed by atoms with Gasteiger partial charge in [0, 0.05) is 44.3 Å². The molecule has 0 aliphatic carbocycles. The number of benzene rings is 1. The van der Waals surface area contributed by atoms with Crippen LogP contribution in [0.2, 0.25) is 0 Å². The molecule has 140 valence electrons. The molecule has 0 N–H and O–H groups in total. The van der Waals surface area contributed by atoms with Crippen LogP contribution in [-0.2, 0) is 6.54 Å². The zero-order valence-electron chi connectivity index (χ0n) is 15.7. The van der Waals surface area contributed by atoms with Crippen LogP contribution in [0, 0.1) is 0 Å². The van der Waals surface area contributed by atoms with Crippen molar-refractivity contribution >= 4 is 16.7 Å². The number of aromatic nitrogens is 1. The van der Waals surface area contributed by atoms with E-state index in [0.29, 0.717) is 47.5 Å². The first-order valence-electron chi connectivity index (χ1n) is 8.77. The Morgan fingerprint density at radius 2 is 1.62 bits per heavy atom. The third-order valence-corrected chi connectivity index (χ3v) is 4.95. The van der Waals surface area contributed by atoms with Crippen molar-refractivity contribution < 1.29 is 14.3 Å². The first-order chi connectivity index (χ1) is 12.5. The highest BCUT2D eigenvalue weighted by molar-refractivity contribution is 6.07. The van der Waals surface area contributed by atoms with Crippen LogP contribution in [0.5, 0.6) is 11.5 Å². The lowest BCUT2D eigenvalue weighted by molar-refractivity contribution is 0.0665. The van der Waals surface area contributed by atoms with Crippen molar-refractivity contribution in [3.05, 3.63) is 34.2 Å². The molecule has 0 spiro atoms. The molecule has 0 radical (unpaired) electrons. The van der Waals surface area contributed by atoms with Crippen LogP contribution in [0.3, 0.4) is 0 Å². The van der Waals surface area contributed by atoms with E-state index in [-0.39, 0.29) is 11.5 Å². The standard InChI is InChI=1S/C19H25N3O4/c1-5-21-12-15(19(24)22-8-6-20(2)7-9-22)13-10-16(25-3)17(26-4)11-14(13)18(21)23/h10-12H,5-9H2,1-4H3. The van der Waals surface area contributed by atoms with E-state index in [9.17, 15) is 9.59 Å². The molecule has 0 bridgehead atoms. The topological polar surface area (TPSA) is 64.0 Å². The van der Waals surface area contributed by atoms with Crippen molar-refractivity contribution in [3.8, 4) is 11.5 Å². The van der Waals surface area contributed by atoms with Crippen LogP contribution in [-0.4, -0.2) is 67.7 Å². The van der Waals surface area contributed by atoms with Crippen molar-refractivity contribution in [3.63, 3.8) is 0 Å². The highest BCUT2D eigenvalue weighted by Gasteiger charge is 2.24. The molecule has 3 rings (SSSR count). The molecule has 7 heteroatoms. The van der Waals surface area contributed by atoms with Crippen LogP contribution in [0.4, 0.5) is 0 Å². The van der Waals surface area contributed by atoms with Gasteiger partial charge in [-0.3, -0.25) is 9.59 Å². The second kappa shape index (κ2) is 7.37. The lowest BCUT2D eigenvalue weighted by Gasteiger charge is -2.32. The summed E-state index contributed by atoms with van der Waals surface area (Å²) in [6.07, 6.45) is 1.66. The van der Waals surface area contributed by atoms with Gasteiger partial charge in [-0.1, -0.05) is 0 Å². The Kier molecular flexibility index (Phi) is 5.18. The van der Waals surface area contributed by atoms with E-state index in [2.05, 4.69) is 4.90 Å². The van der Waals surface area contributed by atoms with Crippen molar-refractivity contribution in [1.29, 1.82) is 0 Å². The molecular formula is C19H25N3O4. The molecule has 2 aromatic rings. The predicted molar refractivity (Wildman–Crippen MR) is 100 cm³/mol. The summed E-state index contributed by atoms with van der Waals surface area (Å²) >= 11 is 0. The van der Waals surface area contributed by atoms with Gasteiger partial charge < -0.3 is 23.8 Å². The normalized spacial score (nSPS) is 15.3. The fourth-order valence-electron chi connectivity index (χ4n) is 3.30. The molecule has 0 saturated carbocycles. The monoisotopic (exact) mass is 359 g/mol. The Bertz CT molecular complexity index is 882. The number of rotatable bonds is 4. The smallest absolute Gasteiger partial charge is 0.258 e. The van der Waals surface area contributed by atoms with Gasteiger partial charge in [0.25, 0.3) is 11.5 Å². The number of carbonyl (C=O) groups is 1. The average molecular weight is 359 g/mol. The molecular weight excluding hydrogens is 334 g/mol. The summed E-state index contributed by atoms with van der Waals surface area (Å²) < 4.78 is 12.3. The van der Waals surface area contributed by atoms with Gasteiger partial charge in [0.2, 0.25) is 0 Å². The number of fused-ring (bicyclic) bond motifs is 1. The van der Waals surface area contributed by atoms with E-state index >= 15 is 0 Å². The molecule has 1 aliphatic heterocycles. The van der Waals surface area contributed by atoms with E-state index in [1.807, 2.05) is 18.9 Å². The molecule has 0 unspecified atom stereocenters. The van der Waals surface area contributed by atoms with Crippen LogP contribution < -0.4 is 15.0 Å². The van der Waals surface area contributed by atoms with Gasteiger partial charge in [-0.2, -0.15) is 0 Å². The number of hydrogen-bond acceptors (Lipinski definition) is 5. The molecule has 1 amide bonds. The van der Waals surface area contributed by atoms with E-state index in [1.54, 1.807) is 30.0 Å². The predicted octanol–water partition coefficient (Wildman–Crippen LogP) is 1.43. The molecule has 26 heavy (non-hydrogen) atoms. The molecule has 7 nitrogen and oxygen atoms in total. The molecule has 1 aromatic heterocycles. The van der Waals surface area contributed by atoms with Crippen LogP contribution in [0.1, 0.15) is 17.3 Å². The Labute approximate surface area is 152 Å². The van der Waals surface area contributed by atoms with E-state index in [4.69, 9.17) is 9.47 Å². The number of nitrogens with zero attached hydrogens (tertiary/aromatic N) is 3. The van der Waals surface area contributed by atoms with E-state index in [0.717, 1.165) is 13.1 Å². The summed E-state index contributed by atoms with van der Waals surface area (Å²) in [4.78, 5) is 30.0. The SMILES string of the molecule is CCn1cc(C(=O)N2CCN(C)CC2)c2cc(OC)c(OC)cc2c1=O. The van der Waals surface area contributed by atoms with Gasteiger partial charge in [0.15, 0.2) is 11.5 Å². The van der Waals surface area contributed by atoms with Gasteiger partial charge in [0.1, 0.15) is 0 Å². The lowest BCUT2D eigenvalue weighted by atomic mass is 10.0. The lowest BCUT2D eigenvalue weighted by Crippen LogP contribution is -2.47. The maximum absolute atomic E-state index is 13.2. The second-order valence-electron chi connectivity index (χ2n) is 6.48. The summed E-state index contributed by atoms with van der Waals surface area (Å²) in [5.41, 5.74) is 0.380. The number of methoxy groups -OCH3 is 2. The number of likely N-dealkylation sites (N-methyl/N-ethyl adjacent to an activating group) is 1. The minimum absolute atomic E-state index is 0.0579. The maximum atomic E-state index is 13.2. The zero-order chi connectivity index (χ0) is 18.8. The fraction of sp³-hybridized carbons (Fsp3) is 0.474. The highest BCUT2D eigenvalue weighted by Crippen LogP contribution is 2.32. The van der Waals surface area contributed by atoms with Crippen molar-refractivity contribution in [1.82, 2.24) is 14.4 Å². The highest BCUT2D eigenvalue weighted by atomic mass is 16.5. The fourth-order valence-corrected chi connectivity index (χ4v) is 3.30. The number of ether oxygens (including phenoxy) is 2. The summed E-state index contributed by atoms with van der Waals surface area (Å²) in [5, 5.41) is 1.06. The Morgan fingerprint density at radius 3 is 2.15 bits per heavy atom. The van der Waals surface area contributed by atoms with Crippen molar-refractivity contribution in [2.45, 2.75) is 13.5 Å². The first-order valence-corrected chi connectivity index (χ1v) is 8.77. The second-order valence-corrected chi connectivity index (χ2v) is 6.48. The molecule has 1 aromatic carbocycles. The Balaban J connectivity index is 2.18. The first kappa shape index (κ1) is 18.3. The third kappa shape index (κ3) is 3.14. The number of aryl methyl sites for hydroxylation is 1. The van der Waals surface area contributed by atoms with Gasteiger partial charge in [-0.25, -0.2) is 0 Å². The Morgan fingerprint density at radius 1 is 1.04 bits per heavy atom. The van der Waals surface area contributed by atoms with Gasteiger partial charge >= 0.3 is 0 Å². The molecule has 1 saturated heterocycles. The van der Waals surface area contributed by atoms with E-state index < -0.39 is 0 Å². The van der Waals surface area contributed by atoms with Crippen LogP contribution in [0.15, 0.2) is 23.1 Å². The van der Waals surface area contributed by atoms with Crippen LogP contribution in [0.25, 0.3) is 10.8 Å². The molecule has 2 heterocycles. The van der Waals surface area contributed by atoms with Crippen molar-refractivity contribution in [2.75, 3.05) is 47.4 Å². The minimum atomic E-state index is -0.140. The summed E-state index contributed by atoms with van der Waals surface area (Å²) in [5.74, 6) is 0.919. The van der Waals surface area contributed by atoms with Crippen LogP contribution >= 0.6 is 0 Å². The largest absolute Gasteiger partial charge is 0.493 e. The summed E-state index contributed by atoms with van der Waals surface area (Å²) in [6.45, 7) is 5.41. The van der Waals surface area contributed by atoms with Gasteiger partial charge in [0.05, 0.1) is 25.2 Å². The number of pyridine rings is 1. The average Bonchev–Trinajstić information content (AvgIpc) is 2.67. The quantitative estimate of drug-likeness (QED) is 0.826. The number of carbonyl (C=O) groups excluding carboxylic acids is 1. The third-order valence-electron chi connectivity index (χ3n) is 4.95. The minimum Gasteiger partial charge on any atom is -0.493 e.